The number of carbonyl (C=O) groups is 2. The average molecular weight is 243 g/mol. The van der Waals surface area contributed by atoms with E-state index in [0.717, 1.165) is 6.42 Å². The van der Waals surface area contributed by atoms with Gasteiger partial charge in [-0.25, -0.2) is 0 Å². The van der Waals surface area contributed by atoms with Crippen molar-refractivity contribution in [2.24, 2.45) is 5.92 Å². The number of hydrogen-bond acceptors (Lipinski definition) is 3. The molecule has 0 heterocycles. The van der Waals surface area contributed by atoms with Crippen LogP contribution in [0.15, 0.2) is 24.3 Å². The van der Waals surface area contributed by atoms with Gasteiger partial charge in [0.15, 0.2) is 0 Å². The van der Waals surface area contributed by atoms with E-state index in [9.17, 15) is 14.7 Å². The number of carboxylic acid groups (broad SMARTS) is 1. The number of carboxylic acids is 1. The normalized spacial score (nSPS) is 11.2. The van der Waals surface area contributed by atoms with Crippen LogP contribution in [-0.4, -0.2) is 11.9 Å². The van der Waals surface area contributed by atoms with Crippen LogP contribution in [-0.2, 0) is 4.79 Å². The van der Waals surface area contributed by atoms with Gasteiger partial charge in [-0.2, -0.15) is 0 Å². The number of benzene rings is 1. The van der Waals surface area contributed by atoms with E-state index in [0.29, 0.717) is 5.69 Å². The van der Waals surface area contributed by atoms with Crippen molar-refractivity contribution in [2.75, 3.05) is 5.32 Å². The van der Waals surface area contributed by atoms with Crippen LogP contribution in [0.25, 0.3) is 0 Å². The maximum atomic E-state index is 11.5. The summed E-state index contributed by atoms with van der Waals surface area (Å²) in [6.07, 6.45) is 0.767. The minimum atomic E-state index is -1.22. The van der Waals surface area contributed by atoms with E-state index in [-0.39, 0.29) is 46.9 Å². The zero-order valence-electron chi connectivity index (χ0n) is 10.3. The molecule has 0 aliphatic heterocycles. The van der Waals surface area contributed by atoms with Gasteiger partial charge in [-0.3, -0.25) is 4.79 Å². The van der Waals surface area contributed by atoms with E-state index in [1.807, 2.05) is 13.8 Å². The fraction of sp³-hybridized carbons (Fsp3) is 0.333. The molecule has 86 valence electrons. The van der Waals surface area contributed by atoms with Crippen LogP contribution >= 0.6 is 0 Å². The van der Waals surface area contributed by atoms with Gasteiger partial charge in [-0.15, -0.1) is 0 Å². The molecular weight excluding hydrogens is 229 g/mol. The SMILES string of the molecule is CCC(C)C(=O)Nc1ccc(C(=O)[O-])cc1.[Na+]. The van der Waals surface area contributed by atoms with Crippen molar-refractivity contribution in [1.82, 2.24) is 0 Å². The van der Waals surface area contributed by atoms with Crippen LogP contribution in [0.1, 0.15) is 30.6 Å². The van der Waals surface area contributed by atoms with Gasteiger partial charge in [-0.1, -0.05) is 26.0 Å². The van der Waals surface area contributed by atoms with Gasteiger partial charge < -0.3 is 15.2 Å². The third-order valence-electron chi connectivity index (χ3n) is 2.45. The molecule has 0 fully saturated rings. The molecule has 0 aromatic heterocycles. The fourth-order valence-electron chi connectivity index (χ4n) is 1.14. The van der Waals surface area contributed by atoms with E-state index in [4.69, 9.17) is 0 Å². The maximum absolute atomic E-state index is 11.5. The Kier molecular flexibility index (Phi) is 7.11. The second kappa shape index (κ2) is 7.48. The molecule has 0 aliphatic rings. The maximum Gasteiger partial charge on any atom is 1.00 e. The topological polar surface area (TPSA) is 69.2 Å². The number of rotatable bonds is 4. The monoisotopic (exact) mass is 243 g/mol. The number of carbonyl (C=O) groups excluding carboxylic acids is 2. The smallest absolute Gasteiger partial charge is 0.545 e. The van der Waals surface area contributed by atoms with Crippen molar-refractivity contribution in [2.45, 2.75) is 20.3 Å². The zero-order chi connectivity index (χ0) is 12.1. The van der Waals surface area contributed by atoms with Crippen molar-refractivity contribution in [3.8, 4) is 0 Å². The molecule has 1 aromatic carbocycles. The van der Waals surface area contributed by atoms with Gasteiger partial charge in [0.1, 0.15) is 0 Å². The molecule has 4 nitrogen and oxygen atoms in total. The van der Waals surface area contributed by atoms with Crippen LogP contribution in [0.2, 0.25) is 0 Å². The van der Waals surface area contributed by atoms with Crippen molar-refractivity contribution >= 4 is 17.6 Å². The molecule has 17 heavy (non-hydrogen) atoms. The van der Waals surface area contributed by atoms with Crippen LogP contribution in [0.3, 0.4) is 0 Å². The summed E-state index contributed by atoms with van der Waals surface area (Å²) in [5, 5.41) is 13.2. The summed E-state index contributed by atoms with van der Waals surface area (Å²) in [5.74, 6) is -1.34. The summed E-state index contributed by atoms with van der Waals surface area (Å²) in [6.45, 7) is 3.77. The number of nitrogens with one attached hydrogen (secondary N) is 1. The van der Waals surface area contributed by atoms with E-state index < -0.39 is 5.97 Å². The van der Waals surface area contributed by atoms with Gasteiger partial charge in [0.05, 0.1) is 5.97 Å². The summed E-state index contributed by atoms with van der Waals surface area (Å²) in [5.41, 5.74) is 0.692. The summed E-state index contributed by atoms with van der Waals surface area (Å²) in [4.78, 5) is 22.0. The molecule has 1 rings (SSSR count). The van der Waals surface area contributed by atoms with Gasteiger partial charge in [0.2, 0.25) is 5.91 Å². The molecule has 0 saturated carbocycles. The van der Waals surface area contributed by atoms with Crippen molar-refractivity contribution in [1.29, 1.82) is 0 Å². The molecule has 0 bridgehead atoms. The first-order valence-electron chi connectivity index (χ1n) is 5.17. The summed E-state index contributed by atoms with van der Waals surface area (Å²) < 4.78 is 0. The van der Waals surface area contributed by atoms with Crippen LogP contribution in [0.5, 0.6) is 0 Å². The first-order chi connectivity index (χ1) is 7.54. The predicted molar refractivity (Wildman–Crippen MR) is 58.9 cm³/mol. The molecular formula is C12H14NNaO3. The fourth-order valence-corrected chi connectivity index (χ4v) is 1.14. The van der Waals surface area contributed by atoms with E-state index >= 15 is 0 Å². The summed E-state index contributed by atoms with van der Waals surface area (Å²) in [6, 6.07) is 5.90. The average Bonchev–Trinajstić information content (AvgIpc) is 2.28. The third kappa shape index (κ3) is 4.89. The van der Waals surface area contributed by atoms with Crippen LogP contribution in [0.4, 0.5) is 5.69 Å². The molecule has 0 aliphatic carbocycles. The number of anilines is 1. The Balaban J connectivity index is 0.00000256. The van der Waals surface area contributed by atoms with E-state index in [1.54, 1.807) is 12.1 Å². The molecule has 1 unspecified atom stereocenters. The van der Waals surface area contributed by atoms with Gasteiger partial charge in [-0.05, 0) is 24.1 Å². The second-order valence-corrected chi connectivity index (χ2v) is 3.66. The Hall–Kier alpha value is -0.840. The third-order valence-corrected chi connectivity index (χ3v) is 2.45. The molecule has 5 heteroatoms. The second-order valence-electron chi connectivity index (χ2n) is 3.66. The van der Waals surface area contributed by atoms with Crippen LogP contribution in [0, 0.1) is 5.92 Å². The molecule has 0 spiro atoms. The minimum Gasteiger partial charge on any atom is -0.545 e. The summed E-state index contributed by atoms with van der Waals surface area (Å²) >= 11 is 0. The van der Waals surface area contributed by atoms with Gasteiger partial charge >= 0.3 is 29.6 Å². The quantitative estimate of drug-likeness (QED) is 0.624. The molecule has 1 N–H and O–H groups in total. The van der Waals surface area contributed by atoms with Crippen LogP contribution < -0.4 is 40.0 Å². The van der Waals surface area contributed by atoms with Crippen molar-refractivity contribution < 1.29 is 44.3 Å². The molecule has 0 saturated heterocycles. The van der Waals surface area contributed by atoms with E-state index in [1.165, 1.54) is 12.1 Å². The van der Waals surface area contributed by atoms with Gasteiger partial charge in [0, 0.05) is 11.6 Å². The van der Waals surface area contributed by atoms with Crippen molar-refractivity contribution in [3.05, 3.63) is 29.8 Å². The largest absolute Gasteiger partial charge is 1.00 e. The number of amides is 1. The Morgan fingerprint density at radius 1 is 1.29 bits per heavy atom. The molecule has 1 atom stereocenters. The molecule has 0 radical (unpaired) electrons. The molecule has 1 aromatic rings. The standard InChI is InChI=1S/C12H15NO3.Na/c1-3-8(2)11(14)13-10-6-4-9(5-7-10)12(15)16;/h4-8H,3H2,1-2H3,(H,13,14)(H,15,16);/q;+1/p-1. The first-order valence-corrected chi connectivity index (χ1v) is 5.17. The van der Waals surface area contributed by atoms with E-state index in [2.05, 4.69) is 5.32 Å². The predicted octanol–water partition coefficient (Wildman–Crippen LogP) is -1.96. The van der Waals surface area contributed by atoms with Crippen molar-refractivity contribution in [3.63, 3.8) is 0 Å². The zero-order valence-corrected chi connectivity index (χ0v) is 12.3. The Morgan fingerprint density at radius 3 is 2.24 bits per heavy atom. The number of aromatic carboxylic acids is 1. The Bertz CT molecular complexity index is 389. The first kappa shape index (κ1) is 16.2. The Labute approximate surface area is 123 Å². The Morgan fingerprint density at radius 2 is 1.82 bits per heavy atom. The number of hydrogen-bond donors (Lipinski definition) is 1. The van der Waals surface area contributed by atoms with Gasteiger partial charge in [0.25, 0.3) is 0 Å². The summed E-state index contributed by atoms with van der Waals surface area (Å²) in [7, 11) is 0. The molecule has 1 amide bonds. The minimum absolute atomic E-state index is 0.